The molecule has 0 atom stereocenters. The van der Waals surface area contributed by atoms with Gasteiger partial charge in [0.25, 0.3) is 0 Å². The third-order valence-corrected chi connectivity index (χ3v) is 4.87. The molecule has 0 aliphatic heterocycles. The second-order valence-corrected chi connectivity index (χ2v) is 7.30. The molecule has 0 aliphatic rings. The van der Waals surface area contributed by atoms with Gasteiger partial charge in [0.2, 0.25) is 5.91 Å². The number of halogens is 8. The summed E-state index contributed by atoms with van der Waals surface area (Å²) in [5, 5.41) is 1.61. The number of anilines is 1. The molecule has 3 aromatic carbocycles. The van der Waals surface area contributed by atoms with Gasteiger partial charge in [0.1, 0.15) is 17.1 Å². The molecule has 0 radical (unpaired) electrons. The van der Waals surface area contributed by atoms with Crippen molar-refractivity contribution >= 4 is 11.6 Å². The third-order valence-electron chi connectivity index (χ3n) is 4.87. The van der Waals surface area contributed by atoms with Crippen LogP contribution in [0.15, 0.2) is 42.5 Å². The first kappa shape index (κ1) is 24.2. The summed E-state index contributed by atoms with van der Waals surface area (Å²) in [6.45, 7) is 1.63. The Labute approximate surface area is 182 Å². The van der Waals surface area contributed by atoms with Crippen molar-refractivity contribution in [3.05, 3.63) is 99.4 Å². The molecule has 1 amide bonds. The number of alkyl halides is 3. The van der Waals surface area contributed by atoms with E-state index in [0.29, 0.717) is 28.7 Å². The van der Waals surface area contributed by atoms with Gasteiger partial charge in [0.05, 0.1) is 6.42 Å². The molecule has 174 valence electrons. The van der Waals surface area contributed by atoms with Crippen molar-refractivity contribution in [3.8, 4) is 0 Å². The van der Waals surface area contributed by atoms with Crippen LogP contribution >= 0.6 is 0 Å². The number of amides is 1. The van der Waals surface area contributed by atoms with E-state index in [1.54, 1.807) is 36.5 Å². The van der Waals surface area contributed by atoms with E-state index < -0.39 is 58.8 Å². The molecule has 3 aromatic rings. The molecule has 2 nitrogen and oxygen atoms in total. The minimum absolute atomic E-state index is 0.311. The zero-order valence-corrected chi connectivity index (χ0v) is 16.9. The Balaban J connectivity index is 1.84. The van der Waals surface area contributed by atoms with Crippen molar-refractivity contribution < 1.29 is 39.9 Å². The van der Waals surface area contributed by atoms with E-state index >= 15 is 0 Å². The van der Waals surface area contributed by atoms with Gasteiger partial charge in [0, 0.05) is 0 Å². The Kier molecular flexibility index (Phi) is 6.76. The van der Waals surface area contributed by atoms with Gasteiger partial charge < -0.3 is 5.32 Å². The molecule has 0 spiro atoms. The lowest BCUT2D eigenvalue weighted by Gasteiger charge is -2.15. The molecule has 0 fully saturated rings. The van der Waals surface area contributed by atoms with Gasteiger partial charge in [-0.15, -0.1) is 0 Å². The van der Waals surface area contributed by atoms with Crippen LogP contribution in [0.2, 0.25) is 0 Å². The van der Waals surface area contributed by atoms with Crippen molar-refractivity contribution in [1.82, 2.24) is 0 Å². The minimum Gasteiger partial charge on any atom is -0.321 e. The maximum absolute atomic E-state index is 14.0. The van der Waals surface area contributed by atoms with Crippen molar-refractivity contribution in [2.45, 2.75) is 25.9 Å². The Morgan fingerprint density at radius 1 is 0.848 bits per heavy atom. The first-order valence-corrected chi connectivity index (χ1v) is 9.44. The summed E-state index contributed by atoms with van der Waals surface area (Å²) < 4.78 is 107. The number of rotatable bonds is 5. The highest BCUT2D eigenvalue weighted by Gasteiger charge is 2.42. The van der Waals surface area contributed by atoms with Crippen LogP contribution in [0.25, 0.3) is 0 Å². The highest BCUT2D eigenvalue weighted by atomic mass is 19.4. The molecule has 3 rings (SSSR count). The molecule has 0 aliphatic carbocycles. The van der Waals surface area contributed by atoms with Gasteiger partial charge in [-0.3, -0.25) is 4.79 Å². The smallest absolute Gasteiger partial charge is 0.321 e. The number of carbonyl (C=O) groups excluding carboxylic acids is 1. The molecular formula is C23H15F8NO. The average molecular weight is 473 g/mol. The zero-order chi connectivity index (χ0) is 24.5. The Bertz CT molecular complexity index is 1190. The zero-order valence-electron chi connectivity index (χ0n) is 16.9. The quantitative estimate of drug-likeness (QED) is 0.334. The summed E-state index contributed by atoms with van der Waals surface area (Å²) in [7, 11) is 0. The van der Waals surface area contributed by atoms with Crippen molar-refractivity contribution in [3.63, 3.8) is 0 Å². The van der Waals surface area contributed by atoms with Crippen LogP contribution in [-0.4, -0.2) is 5.91 Å². The molecular weight excluding hydrogens is 458 g/mol. The summed E-state index contributed by atoms with van der Waals surface area (Å²) in [6.07, 6.45) is -5.87. The highest BCUT2D eigenvalue weighted by molar-refractivity contribution is 5.92. The van der Waals surface area contributed by atoms with Crippen molar-refractivity contribution in [2.75, 3.05) is 5.32 Å². The normalized spacial score (nSPS) is 11.5. The topological polar surface area (TPSA) is 29.1 Å². The molecule has 0 heterocycles. The Morgan fingerprint density at radius 2 is 1.45 bits per heavy atom. The number of benzene rings is 3. The Morgan fingerprint density at radius 3 is 2.03 bits per heavy atom. The monoisotopic (exact) mass is 473 g/mol. The van der Waals surface area contributed by atoms with E-state index in [1.807, 2.05) is 0 Å². The van der Waals surface area contributed by atoms with Gasteiger partial charge in [-0.2, -0.15) is 13.2 Å². The van der Waals surface area contributed by atoms with Gasteiger partial charge in [-0.25, -0.2) is 22.0 Å². The summed E-state index contributed by atoms with van der Waals surface area (Å²) >= 11 is 0. The molecule has 33 heavy (non-hydrogen) atoms. The lowest BCUT2D eigenvalue weighted by atomic mass is 9.98. The van der Waals surface area contributed by atoms with E-state index in [2.05, 4.69) is 0 Å². The molecule has 0 saturated heterocycles. The molecule has 0 saturated carbocycles. The third kappa shape index (κ3) is 5.32. The van der Waals surface area contributed by atoms with Crippen LogP contribution in [0.5, 0.6) is 0 Å². The predicted octanol–water partition coefficient (Wildman–Crippen LogP) is 6.48. The van der Waals surface area contributed by atoms with E-state index in [-0.39, 0.29) is 0 Å². The fraction of sp³-hybridized carbons (Fsp3) is 0.174. The van der Waals surface area contributed by atoms with E-state index in [0.717, 1.165) is 0 Å². The first-order valence-electron chi connectivity index (χ1n) is 9.44. The number of carbonyl (C=O) groups is 1. The van der Waals surface area contributed by atoms with E-state index in [9.17, 15) is 39.9 Å². The van der Waals surface area contributed by atoms with Gasteiger partial charge in [0.15, 0.2) is 23.3 Å². The average Bonchev–Trinajstić information content (AvgIpc) is 2.71. The predicted molar refractivity (Wildman–Crippen MR) is 104 cm³/mol. The summed E-state index contributed by atoms with van der Waals surface area (Å²) in [6, 6.07) is 10.8. The van der Waals surface area contributed by atoms with E-state index in [4.69, 9.17) is 0 Å². The van der Waals surface area contributed by atoms with Crippen LogP contribution in [-0.2, 0) is 23.8 Å². The van der Waals surface area contributed by atoms with Crippen LogP contribution in [0.3, 0.4) is 0 Å². The Hall–Kier alpha value is -3.43. The lowest BCUT2D eigenvalue weighted by Crippen LogP contribution is -2.21. The van der Waals surface area contributed by atoms with Crippen LogP contribution < -0.4 is 5.32 Å². The van der Waals surface area contributed by atoms with Crippen LogP contribution in [0.1, 0.15) is 27.8 Å². The largest absolute Gasteiger partial charge is 0.422 e. The summed E-state index contributed by atoms with van der Waals surface area (Å²) in [5.74, 6) is -11.6. The van der Waals surface area contributed by atoms with Crippen molar-refractivity contribution in [2.24, 2.45) is 0 Å². The minimum atomic E-state index is -5.68. The second kappa shape index (κ2) is 9.21. The number of nitrogens with one attached hydrogen (secondary N) is 1. The number of aryl methyl sites for hydroxylation is 1. The molecule has 0 aromatic heterocycles. The SMILES string of the molecule is Cc1ccc(Cc2cccc(F)c2)cc1CC(=O)Nc1c(F)c(F)c(C(F)(F)F)c(F)c1F. The second-order valence-electron chi connectivity index (χ2n) is 7.30. The maximum Gasteiger partial charge on any atom is 0.422 e. The fourth-order valence-electron chi connectivity index (χ4n) is 3.25. The summed E-state index contributed by atoms with van der Waals surface area (Å²) in [5.41, 5.74) is -2.08. The highest BCUT2D eigenvalue weighted by Crippen LogP contribution is 2.38. The van der Waals surface area contributed by atoms with Crippen molar-refractivity contribution in [1.29, 1.82) is 0 Å². The molecule has 0 unspecified atom stereocenters. The maximum atomic E-state index is 14.0. The van der Waals surface area contributed by atoms with Gasteiger partial charge in [-0.1, -0.05) is 30.3 Å². The standard InChI is InChI=1S/C23H15F8NO/c1-11-5-6-13(7-12-3-2-4-15(24)9-12)8-14(11)10-16(33)32-22-20(27)18(25)17(23(29,30)31)19(26)21(22)28/h2-6,8-9H,7,10H2,1H3,(H,32,33). The lowest BCUT2D eigenvalue weighted by molar-refractivity contribution is -0.143. The molecule has 1 N–H and O–H groups in total. The fourth-order valence-corrected chi connectivity index (χ4v) is 3.25. The van der Waals surface area contributed by atoms with Gasteiger partial charge in [-0.05, 0) is 47.7 Å². The van der Waals surface area contributed by atoms with Crippen LogP contribution in [0.4, 0.5) is 40.8 Å². The molecule has 10 heteroatoms. The first-order chi connectivity index (χ1) is 15.4. The van der Waals surface area contributed by atoms with Gasteiger partial charge >= 0.3 is 6.18 Å². The number of hydrogen-bond acceptors (Lipinski definition) is 1. The molecule has 0 bridgehead atoms. The van der Waals surface area contributed by atoms with Crippen LogP contribution in [0, 0.1) is 36.0 Å². The summed E-state index contributed by atoms with van der Waals surface area (Å²) in [4.78, 5) is 12.3. The van der Waals surface area contributed by atoms with E-state index in [1.165, 1.54) is 18.2 Å². The number of hydrogen-bond donors (Lipinski definition) is 1.